The lowest BCUT2D eigenvalue weighted by Gasteiger charge is -2.08. The SMILES string of the molecule is FC(F)(F)COCCNCCNC1CC1. The molecular weight excluding hydrogens is 209 g/mol. The molecule has 0 aliphatic heterocycles. The van der Waals surface area contributed by atoms with Gasteiger partial charge in [0, 0.05) is 25.7 Å². The third kappa shape index (κ3) is 8.65. The van der Waals surface area contributed by atoms with Gasteiger partial charge in [0.05, 0.1) is 6.61 Å². The van der Waals surface area contributed by atoms with Crippen LogP contribution in [0.5, 0.6) is 0 Å². The van der Waals surface area contributed by atoms with Gasteiger partial charge < -0.3 is 15.4 Å². The Morgan fingerprint density at radius 2 is 1.87 bits per heavy atom. The molecule has 0 amide bonds. The Kier molecular flexibility index (Phi) is 5.35. The number of halogens is 3. The van der Waals surface area contributed by atoms with Crippen LogP contribution in [0.1, 0.15) is 12.8 Å². The van der Waals surface area contributed by atoms with Gasteiger partial charge in [-0.25, -0.2) is 0 Å². The van der Waals surface area contributed by atoms with Crippen LogP contribution < -0.4 is 10.6 Å². The Morgan fingerprint density at radius 1 is 1.13 bits per heavy atom. The van der Waals surface area contributed by atoms with Crippen molar-refractivity contribution in [2.24, 2.45) is 0 Å². The van der Waals surface area contributed by atoms with E-state index in [0.29, 0.717) is 12.6 Å². The normalized spacial score (nSPS) is 17.0. The maximum absolute atomic E-state index is 11.6. The summed E-state index contributed by atoms with van der Waals surface area (Å²) in [5.74, 6) is 0. The van der Waals surface area contributed by atoms with Crippen LogP contribution in [0.15, 0.2) is 0 Å². The Labute approximate surface area is 87.4 Å². The molecule has 2 N–H and O–H groups in total. The van der Waals surface area contributed by atoms with Crippen molar-refractivity contribution in [3.63, 3.8) is 0 Å². The molecule has 6 heteroatoms. The van der Waals surface area contributed by atoms with Crippen molar-refractivity contribution in [1.29, 1.82) is 0 Å². The van der Waals surface area contributed by atoms with Crippen molar-refractivity contribution in [2.45, 2.75) is 25.1 Å². The van der Waals surface area contributed by atoms with Crippen LogP contribution in [0.3, 0.4) is 0 Å². The Hall–Kier alpha value is -0.330. The number of hydrogen-bond donors (Lipinski definition) is 2. The zero-order chi connectivity index (χ0) is 11.1. The summed E-state index contributed by atoms with van der Waals surface area (Å²) < 4.78 is 39.3. The summed E-state index contributed by atoms with van der Waals surface area (Å²) in [5.41, 5.74) is 0. The van der Waals surface area contributed by atoms with Crippen molar-refractivity contribution in [2.75, 3.05) is 32.8 Å². The summed E-state index contributed by atoms with van der Waals surface area (Å²) in [6.45, 7) is 1.04. The third-order valence-electron chi connectivity index (χ3n) is 2.00. The van der Waals surface area contributed by atoms with Gasteiger partial charge in [0.2, 0.25) is 0 Å². The largest absolute Gasteiger partial charge is 0.411 e. The molecule has 3 nitrogen and oxygen atoms in total. The van der Waals surface area contributed by atoms with Crippen molar-refractivity contribution >= 4 is 0 Å². The number of alkyl halides is 3. The van der Waals surface area contributed by atoms with Crippen LogP contribution in [0.25, 0.3) is 0 Å². The molecule has 1 aliphatic carbocycles. The van der Waals surface area contributed by atoms with E-state index in [1.54, 1.807) is 0 Å². The minimum Gasteiger partial charge on any atom is -0.371 e. The van der Waals surface area contributed by atoms with Crippen LogP contribution in [0, 0.1) is 0 Å². The molecule has 15 heavy (non-hydrogen) atoms. The second-order valence-corrected chi connectivity index (χ2v) is 3.65. The van der Waals surface area contributed by atoms with Gasteiger partial charge in [-0.3, -0.25) is 0 Å². The number of ether oxygens (including phenoxy) is 1. The van der Waals surface area contributed by atoms with Gasteiger partial charge in [0.1, 0.15) is 6.61 Å². The predicted octanol–water partition coefficient (Wildman–Crippen LogP) is 0.907. The lowest BCUT2D eigenvalue weighted by Crippen LogP contribution is -2.31. The summed E-state index contributed by atoms with van der Waals surface area (Å²) in [7, 11) is 0. The number of hydrogen-bond acceptors (Lipinski definition) is 3. The highest BCUT2D eigenvalue weighted by molar-refractivity contribution is 4.80. The smallest absolute Gasteiger partial charge is 0.371 e. The van der Waals surface area contributed by atoms with E-state index in [1.807, 2.05) is 0 Å². The maximum atomic E-state index is 11.6. The van der Waals surface area contributed by atoms with Crippen molar-refractivity contribution in [3.05, 3.63) is 0 Å². The fraction of sp³-hybridized carbons (Fsp3) is 1.00. The van der Waals surface area contributed by atoms with Gasteiger partial charge in [-0.1, -0.05) is 0 Å². The first-order valence-electron chi connectivity index (χ1n) is 5.16. The maximum Gasteiger partial charge on any atom is 0.411 e. The molecule has 0 atom stereocenters. The first-order valence-corrected chi connectivity index (χ1v) is 5.16. The molecule has 0 spiro atoms. The van der Waals surface area contributed by atoms with E-state index in [9.17, 15) is 13.2 Å². The molecule has 1 saturated carbocycles. The molecule has 0 heterocycles. The van der Waals surface area contributed by atoms with Gasteiger partial charge in [-0.05, 0) is 12.8 Å². The zero-order valence-corrected chi connectivity index (χ0v) is 8.57. The highest BCUT2D eigenvalue weighted by atomic mass is 19.4. The summed E-state index contributed by atoms with van der Waals surface area (Å²) in [5, 5.41) is 6.29. The van der Waals surface area contributed by atoms with E-state index < -0.39 is 12.8 Å². The molecule has 0 aromatic carbocycles. The second-order valence-electron chi connectivity index (χ2n) is 3.65. The Balaban J connectivity index is 1.72. The number of rotatable bonds is 8. The molecule has 1 aliphatic rings. The van der Waals surface area contributed by atoms with Gasteiger partial charge in [0.15, 0.2) is 0 Å². The Morgan fingerprint density at radius 3 is 2.47 bits per heavy atom. The summed E-state index contributed by atoms with van der Waals surface area (Å²) in [6, 6.07) is 0.674. The highest BCUT2D eigenvalue weighted by Gasteiger charge is 2.27. The molecule has 1 rings (SSSR count). The average molecular weight is 226 g/mol. The van der Waals surface area contributed by atoms with E-state index in [-0.39, 0.29) is 6.61 Å². The highest BCUT2D eigenvalue weighted by Crippen LogP contribution is 2.17. The van der Waals surface area contributed by atoms with Crippen molar-refractivity contribution in [1.82, 2.24) is 10.6 Å². The Bertz CT molecular complexity index is 171. The van der Waals surface area contributed by atoms with Crippen molar-refractivity contribution < 1.29 is 17.9 Å². The van der Waals surface area contributed by atoms with Crippen LogP contribution in [0.2, 0.25) is 0 Å². The standard InChI is InChI=1S/C9H17F3N2O/c10-9(11,12)7-15-6-5-13-3-4-14-8-1-2-8/h8,13-14H,1-7H2. The monoisotopic (exact) mass is 226 g/mol. The zero-order valence-electron chi connectivity index (χ0n) is 8.57. The van der Waals surface area contributed by atoms with Crippen LogP contribution in [-0.4, -0.2) is 45.1 Å². The minimum absolute atomic E-state index is 0.100. The van der Waals surface area contributed by atoms with E-state index in [1.165, 1.54) is 12.8 Å². The van der Waals surface area contributed by atoms with Gasteiger partial charge in [-0.15, -0.1) is 0 Å². The minimum atomic E-state index is -4.21. The summed E-state index contributed by atoms with van der Waals surface area (Å²) in [4.78, 5) is 0. The molecule has 0 aromatic heterocycles. The molecular formula is C9H17F3N2O. The molecule has 0 unspecified atom stereocenters. The lowest BCUT2D eigenvalue weighted by molar-refractivity contribution is -0.173. The van der Waals surface area contributed by atoms with Crippen LogP contribution in [-0.2, 0) is 4.74 Å². The van der Waals surface area contributed by atoms with Gasteiger partial charge >= 0.3 is 6.18 Å². The van der Waals surface area contributed by atoms with E-state index >= 15 is 0 Å². The molecule has 1 fully saturated rings. The van der Waals surface area contributed by atoms with E-state index in [0.717, 1.165) is 13.1 Å². The first-order chi connectivity index (χ1) is 7.08. The lowest BCUT2D eigenvalue weighted by atomic mass is 10.5. The molecule has 0 radical (unpaired) electrons. The van der Waals surface area contributed by atoms with Gasteiger partial charge in [0.25, 0.3) is 0 Å². The second kappa shape index (κ2) is 6.30. The third-order valence-corrected chi connectivity index (χ3v) is 2.00. The van der Waals surface area contributed by atoms with E-state index in [2.05, 4.69) is 15.4 Å². The topological polar surface area (TPSA) is 33.3 Å². The summed E-state index contributed by atoms with van der Waals surface area (Å²) >= 11 is 0. The molecule has 90 valence electrons. The fourth-order valence-corrected chi connectivity index (χ4v) is 1.11. The van der Waals surface area contributed by atoms with Crippen LogP contribution in [0.4, 0.5) is 13.2 Å². The molecule has 0 saturated heterocycles. The van der Waals surface area contributed by atoms with Crippen molar-refractivity contribution in [3.8, 4) is 0 Å². The molecule has 0 aromatic rings. The predicted molar refractivity (Wildman–Crippen MR) is 50.8 cm³/mol. The van der Waals surface area contributed by atoms with E-state index in [4.69, 9.17) is 0 Å². The fourth-order valence-electron chi connectivity index (χ4n) is 1.11. The first kappa shape index (κ1) is 12.7. The molecule has 0 bridgehead atoms. The number of nitrogens with one attached hydrogen (secondary N) is 2. The average Bonchev–Trinajstić information content (AvgIpc) is 2.91. The summed E-state index contributed by atoms with van der Waals surface area (Å²) in [6.07, 6.45) is -1.73. The quantitative estimate of drug-likeness (QED) is 0.603. The van der Waals surface area contributed by atoms with Crippen LogP contribution >= 0.6 is 0 Å². The van der Waals surface area contributed by atoms with Gasteiger partial charge in [-0.2, -0.15) is 13.2 Å².